The molecule has 0 aromatic carbocycles. The molecule has 1 N–H and O–H groups in total. The van der Waals surface area contributed by atoms with Gasteiger partial charge in [-0.05, 0) is 28.1 Å². The largest absolute Gasteiger partial charge is 0.411 e. The van der Waals surface area contributed by atoms with E-state index < -0.39 is 0 Å². The molecule has 3 nitrogen and oxygen atoms in total. The van der Waals surface area contributed by atoms with Crippen molar-refractivity contribution < 1.29 is 5.21 Å². The van der Waals surface area contributed by atoms with Crippen molar-refractivity contribution in [1.29, 1.82) is 0 Å². The predicted molar refractivity (Wildman–Crippen MR) is 45.9 cm³/mol. The first-order valence-corrected chi connectivity index (χ1v) is 3.89. The van der Waals surface area contributed by atoms with Gasteiger partial charge in [0.1, 0.15) is 4.60 Å². The van der Waals surface area contributed by atoms with Gasteiger partial charge < -0.3 is 5.21 Å². The topological polar surface area (TPSA) is 45.5 Å². The van der Waals surface area contributed by atoms with E-state index in [0.717, 1.165) is 10.3 Å². The molecule has 0 radical (unpaired) electrons. The second-order valence-corrected chi connectivity index (χ2v) is 2.77. The summed E-state index contributed by atoms with van der Waals surface area (Å²) in [4.78, 5) is 4.12. The van der Waals surface area contributed by atoms with Gasteiger partial charge in [0.2, 0.25) is 0 Å². The maximum absolute atomic E-state index is 8.13. The molecule has 1 heterocycles. The first-order valence-electron chi connectivity index (χ1n) is 3.10. The van der Waals surface area contributed by atoms with Gasteiger partial charge >= 0.3 is 0 Å². The lowest BCUT2D eigenvalue weighted by atomic mass is 10.3. The van der Waals surface area contributed by atoms with E-state index in [0.29, 0.717) is 6.42 Å². The second-order valence-electron chi connectivity index (χ2n) is 1.95. The highest BCUT2D eigenvalue weighted by atomic mass is 79.9. The standard InChI is InChI=1S/C7H7BrN2O/c8-7-3-1-2-6(10-7)4-5-9-11/h1-3,5,11H,4H2/b9-5+. The Morgan fingerprint density at radius 1 is 1.64 bits per heavy atom. The van der Waals surface area contributed by atoms with Gasteiger partial charge in [-0.15, -0.1) is 5.16 Å². The lowest BCUT2D eigenvalue weighted by molar-refractivity contribution is 0.320. The molecule has 0 aliphatic rings. The van der Waals surface area contributed by atoms with Crippen LogP contribution in [0.5, 0.6) is 0 Å². The van der Waals surface area contributed by atoms with Crippen molar-refractivity contribution in [2.45, 2.75) is 6.42 Å². The van der Waals surface area contributed by atoms with Crippen LogP contribution in [0.4, 0.5) is 0 Å². The molecule has 0 aliphatic heterocycles. The molecule has 4 heteroatoms. The van der Waals surface area contributed by atoms with Gasteiger partial charge in [-0.3, -0.25) is 0 Å². The Morgan fingerprint density at radius 3 is 3.09 bits per heavy atom. The Labute approximate surface area is 72.9 Å². The summed E-state index contributed by atoms with van der Waals surface area (Å²) in [6.45, 7) is 0. The van der Waals surface area contributed by atoms with Crippen LogP contribution in [-0.4, -0.2) is 16.4 Å². The fourth-order valence-electron chi connectivity index (χ4n) is 0.698. The van der Waals surface area contributed by atoms with Gasteiger partial charge in [0.15, 0.2) is 0 Å². The van der Waals surface area contributed by atoms with Crippen LogP contribution in [0.15, 0.2) is 28.0 Å². The van der Waals surface area contributed by atoms with Crippen LogP contribution < -0.4 is 0 Å². The van der Waals surface area contributed by atoms with Crippen molar-refractivity contribution in [3.63, 3.8) is 0 Å². The summed E-state index contributed by atoms with van der Waals surface area (Å²) in [6.07, 6.45) is 1.95. The maximum Gasteiger partial charge on any atom is 0.106 e. The van der Waals surface area contributed by atoms with Gasteiger partial charge in [-0.25, -0.2) is 4.98 Å². The minimum Gasteiger partial charge on any atom is -0.411 e. The van der Waals surface area contributed by atoms with Gasteiger partial charge in [-0.1, -0.05) is 6.07 Å². The van der Waals surface area contributed by atoms with Crippen LogP contribution in [0, 0.1) is 0 Å². The molecule has 58 valence electrons. The zero-order chi connectivity index (χ0) is 8.10. The molecule has 0 atom stereocenters. The van der Waals surface area contributed by atoms with E-state index in [1.165, 1.54) is 6.21 Å². The summed E-state index contributed by atoms with van der Waals surface area (Å²) in [5, 5.41) is 11.0. The van der Waals surface area contributed by atoms with Gasteiger partial charge in [0.25, 0.3) is 0 Å². The zero-order valence-electron chi connectivity index (χ0n) is 5.74. The molecule has 0 aliphatic carbocycles. The summed E-state index contributed by atoms with van der Waals surface area (Å²) in [6, 6.07) is 5.60. The third kappa shape index (κ3) is 2.67. The van der Waals surface area contributed by atoms with Crippen molar-refractivity contribution >= 4 is 22.1 Å². The normalized spacial score (nSPS) is 10.6. The first kappa shape index (κ1) is 8.20. The van der Waals surface area contributed by atoms with Gasteiger partial charge in [0, 0.05) is 18.3 Å². The van der Waals surface area contributed by atoms with Crippen LogP contribution in [0.3, 0.4) is 0 Å². The number of halogens is 1. The molecule has 11 heavy (non-hydrogen) atoms. The summed E-state index contributed by atoms with van der Waals surface area (Å²) in [5.41, 5.74) is 0.872. The Bertz CT molecular complexity index is 262. The predicted octanol–water partition coefficient (Wildman–Crippen LogP) is 1.85. The number of hydrogen-bond donors (Lipinski definition) is 1. The second kappa shape index (κ2) is 4.08. The highest BCUT2D eigenvalue weighted by Crippen LogP contribution is 2.05. The quantitative estimate of drug-likeness (QED) is 0.354. The Hall–Kier alpha value is -0.900. The monoisotopic (exact) mass is 214 g/mol. The Kier molecular flexibility index (Phi) is 3.04. The minimum absolute atomic E-state index is 0.552. The molecule has 1 aromatic rings. The van der Waals surface area contributed by atoms with Crippen molar-refractivity contribution in [3.8, 4) is 0 Å². The molecule has 0 fully saturated rings. The average Bonchev–Trinajstić information content (AvgIpc) is 2.01. The highest BCUT2D eigenvalue weighted by molar-refractivity contribution is 9.10. The Morgan fingerprint density at radius 2 is 2.45 bits per heavy atom. The number of nitrogens with zero attached hydrogens (tertiary/aromatic N) is 2. The lowest BCUT2D eigenvalue weighted by Crippen LogP contribution is -1.90. The van der Waals surface area contributed by atoms with Crippen LogP contribution in [0.25, 0.3) is 0 Å². The zero-order valence-corrected chi connectivity index (χ0v) is 7.32. The first-order chi connectivity index (χ1) is 5.33. The van der Waals surface area contributed by atoms with E-state index >= 15 is 0 Å². The van der Waals surface area contributed by atoms with Crippen LogP contribution in [-0.2, 0) is 6.42 Å². The van der Waals surface area contributed by atoms with E-state index in [9.17, 15) is 0 Å². The molecule has 0 spiro atoms. The van der Waals surface area contributed by atoms with Crippen LogP contribution >= 0.6 is 15.9 Å². The number of oxime groups is 1. The molecular formula is C7H7BrN2O. The van der Waals surface area contributed by atoms with E-state index in [1.807, 2.05) is 18.2 Å². The SMILES string of the molecule is O/N=C/Cc1cccc(Br)n1. The molecule has 0 unspecified atom stereocenters. The fourth-order valence-corrected chi connectivity index (χ4v) is 1.08. The van der Waals surface area contributed by atoms with Crippen molar-refractivity contribution in [3.05, 3.63) is 28.5 Å². The van der Waals surface area contributed by atoms with Gasteiger partial charge in [0.05, 0.1) is 0 Å². The molecule has 0 amide bonds. The minimum atomic E-state index is 0.552. The van der Waals surface area contributed by atoms with E-state index in [-0.39, 0.29) is 0 Å². The summed E-state index contributed by atoms with van der Waals surface area (Å²) >= 11 is 3.24. The summed E-state index contributed by atoms with van der Waals surface area (Å²) in [7, 11) is 0. The van der Waals surface area contributed by atoms with E-state index in [2.05, 4.69) is 26.1 Å². The van der Waals surface area contributed by atoms with E-state index in [4.69, 9.17) is 5.21 Å². The smallest absolute Gasteiger partial charge is 0.106 e. The van der Waals surface area contributed by atoms with Crippen molar-refractivity contribution in [1.82, 2.24) is 4.98 Å². The molecule has 0 saturated heterocycles. The average molecular weight is 215 g/mol. The number of hydrogen-bond acceptors (Lipinski definition) is 3. The third-order valence-corrected chi connectivity index (χ3v) is 1.60. The van der Waals surface area contributed by atoms with Crippen molar-refractivity contribution in [2.75, 3.05) is 0 Å². The molecule has 0 saturated carbocycles. The fraction of sp³-hybridized carbons (Fsp3) is 0.143. The van der Waals surface area contributed by atoms with Crippen LogP contribution in [0.2, 0.25) is 0 Å². The maximum atomic E-state index is 8.13. The number of pyridine rings is 1. The van der Waals surface area contributed by atoms with Crippen molar-refractivity contribution in [2.24, 2.45) is 5.16 Å². The van der Waals surface area contributed by atoms with Gasteiger partial charge in [-0.2, -0.15) is 0 Å². The number of rotatable bonds is 2. The molecule has 1 aromatic heterocycles. The molecular weight excluding hydrogens is 208 g/mol. The summed E-state index contributed by atoms with van der Waals surface area (Å²) in [5.74, 6) is 0. The molecule has 0 bridgehead atoms. The third-order valence-electron chi connectivity index (χ3n) is 1.15. The van der Waals surface area contributed by atoms with Crippen LogP contribution in [0.1, 0.15) is 5.69 Å². The molecule has 1 rings (SSSR count). The Balaban J connectivity index is 2.71. The number of aromatic nitrogens is 1. The lowest BCUT2D eigenvalue weighted by Gasteiger charge is -1.93. The van der Waals surface area contributed by atoms with E-state index in [1.54, 1.807) is 0 Å². The highest BCUT2D eigenvalue weighted by Gasteiger charge is 1.91. The summed E-state index contributed by atoms with van der Waals surface area (Å²) < 4.78 is 0.793.